The molecule has 12 N–H and O–H groups in total. The second-order valence-electron chi connectivity index (χ2n) is 5.29. The third-order valence-electron chi connectivity index (χ3n) is 3.49. The summed E-state index contributed by atoms with van der Waals surface area (Å²) in [6.07, 6.45) is 19.8. The van der Waals surface area contributed by atoms with Gasteiger partial charge in [0.2, 0.25) is 0 Å². The van der Waals surface area contributed by atoms with Crippen LogP contribution in [0, 0.1) is 0 Å². The first-order valence-electron chi connectivity index (χ1n) is 7.97. The minimum atomic E-state index is 0. The van der Waals surface area contributed by atoms with Gasteiger partial charge in [-0.3, -0.25) is 0 Å². The van der Waals surface area contributed by atoms with Crippen LogP contribution >= 0.6 is 11.6 Å². The van der Waals surface area contributed by atoms with Crippen molar-refractivity contribution in [3.8, 4) is 0 Å². The van der Waals surface area contributed by atoms with Gasteiger partial charge >= 0.3 is 0 Å². The van der Waals surface area contributed by atoms with Crippen LogP contribution in [-0.2, 0) is 0 Å². The summed E-state index contributed by atoms with van der Waals surface area (Å²) in [6.45, 7) is 2.28. The maximum atomic E-state index is 5.64. The minimum absolute atomic E-state index is 0. The van der Waals surface area contributed by atoms with Crippen molar-refractivity contribution in [2.24, 2.45) is 0 Å². The molecule has 0 heterocycles. The fourth-order valence-corrected chi connectivity index (χ4v) is 2.48. The average Bonchev–Trinajstić information content (AvgIpc) is 2.35. The van der Waals surface area contributed by atoms with Gasteiger partial charge in [-0.1, -0.05) is 90.4 Å². The van der Waals surface area contributed by atoms with Gasteiger partial charge < -0.3 is 18.5 Å². The van der Waals surface area contributed by atoms with E-state index >= 15 is 0 Å². The number of quaternary nitrogens is 3. The highest BCUT2D eigenvalue weighted by Gasteiger charge is 1.93. The molecule has 0 aromatic carbocycles. The molecule has 0 rings (SSSR count). The molecule has 4 heteroatoms. The molecule has 0 aromatic rings. The van der Waals surface area contributed by atoms with E-state index in [1.807, 2.05) is 0 Å². The van der Waals surface area contributed by atoms with E-state index in [9.17, 15) is 0 Å². The van der Waals surface area contributed by atoms with Gasteiger partial charge in [0.15, 0.2) is 0 Å². The third-order valence-corrected chi connectivity index (χ3v) is 3.75. The molecule has 0 bridgehead atoms. The van der Waals surface area contributed by atoms with Crippen LogP contribution in [-0.4, -0.2) is 5.88 Å². The SMILES string of the molecule is CCCCCCCCCCCCCCCCCl.[NH4+].[NH4+].[NH4+]. The molecule has 0 spiro atoms. The van der Waals surface area contributed by atoms with Crippen molar-refractivity contribution >= 4 is 11.6 Å². The summed E-state index contributed by atoms with van der Waals surface area (Å²) in [4.78, 5) is 0. The highest BCUT2D eigenvalue weighted by Crippen LogP contribution is 2.12. The molecule has 3 nitrogen and oxygen atoms in total. The molecular formula is C16H45ClN3+3. The van der Waals surface area contributed by atoms with Crippen molar-refractivity contribution in [3.63, 3.8) is 0 Å². The van der Waals surface area contributed by atoms with Crippen LogP contribution in [0.2, 0.25) is 0 Å². The van der Waals surface area contributed by atoms with Crippen LogP contribution in [0.4, 0.5) is 0 Å². The first-order valence-corrected chi connectivity index (χ1v) is 8.51. The van der Waals surface area contributed by atoms with Gasteiger partial charge in [-0.2, -0.15) is 0 Å². The molecule has 0 fully saturated rings. The Morgan fingerprint density at radius 3 is 0.950 bits per heavy atom. The zero-order valence-electron chi connectivity index (χ0n) is 15.0. The molecule has 0 saturated heterocycles. The van der Waals surface area contributed by atoms with Gasteiger partial charge in [0.25, 0.3) is 0 Å². The lowest BCUT2D eigenvalue weighted by atomic mass is 10.0. The summed E-state index contributed by atoms with van der Waals surface area (Å²) in [7, 11) is 0. The molecule has 128 valence electrons. The van der Waals surface area contributed by atoms with E-state index < -0.39 is 0 Å². The maximum absolute atomic E-state index is 5.64. The highest BCUT2D eigenvalue weighted by atomic mass is 35.5. The molecule has 0 unspecified atom stereocenters. The Kier molecular flexibility index (Phi) is 39.0. The third kappa shape index (κ3) is 26.7. The molecule has 0 amide bonds. The van der Waals surface area contributed by atoms with Gasteiger partial charge in [0, 0.05) is 5.88 Å². The van der Waals surface area contributed by atoms with Gasteiger partial charge in [0.1, 0.15) is 0 Å². The molecule has 0 radical (unpaired) electrons. The summed E-state index contributed by atoms with van der Waals surface area (Å²) in [5.41, 5.74) is 0. The van der Waals surface area contributed by atoms with E-state index in [1.165, 1.54) is 89.9 Å². The Morgan fingerprint density at radius 1 is 0.450 bits per heavy atom. The van der Waals surface area contributed by atoms with Gasteiger partial charge in [-0.05, 0) is 6.42 Å². The fraction of sp³-hybridized carbons (Fsp3) is 1.00. The lowest BCUT2D eigenvalue weighted by Gasteiger charge is -2.02. The van der Waals surface area contributed by atoms with Crippen LogP contribution in [0.15, 0.2) is 0 Å². The first kappa shape index (κ1) is 28.3. The van der Waals surface area contributed by atoms with Crippen molar-refractivity contribution in [1.29, 1.82) is 0 Å². The molecule has 0 aromatic heterocycles. The van der Waals surface area contributed by atoms with Crippen molar-refractivity contribution in [2.45, 2.75) is 96.8 Å². The second-order valence-corrected chi connectivity index (χ2v) is 5.66. The van der Waals surface area contributed by atoms with Crippen LogP contribution in [0.5, 0.6) is 0 Å². The van der Waals surface area contributed by atoms with E-state index in [0.29, 0.717) is 0 Å². The number of hydrogen-bond donors (Lipinski definition) is 3. The molecule has 0 aliphatic rings. The Labute approximate surface area is 133 Å². The van der Waals surface area contributed by atoms with Crippen LogP contribution in [0.25, 0.3) is 0 Å². The number of rotatable bonds is 14. The summed E-state index contributed by atoms with van der Waals surface area (Å²) < 4.78 is 0. The van der Waals surface area contributed by atoms with Crippen molar-refractivity contribution in [1.82, 2.24) is 18.5 Å². The molecule has 0 aliphatic carbocycles. The lowest BCUT2D eigenvalue weighted by Crippen LogP contribution is -1.83. The van der Waals surface area contributed by atoms with Crippen LogP contribution in [0.3, 0.4) is 0 Å². The number of hydrogen-bond acceptors (Lipinski definition) is 0. The second kappa shape index (κ2) is 27.5. The van der Waals surface area contributed by atoms with E-state index in [2.05, 4.69) is 6.92 Å². The zero-order chi connectivity index (χ0) is 12.6. The average molecular weight is 315 g/mol. The minimum Gasteiger partial charge on any atom is -0.369 e. The van der Waals surface area contributed by atoms with Crippen LogP contribution < -0.4 is 18.5 Å². The quantitative estimate of drug-likeness (QED) is 0.214. The molecule has 0 saturated carbocycles. The number of halogens is 1. The molecule has 0 atom stereocenters. The fourth-order valence-electron chi connectivity index (χ4n) is 2.29. The Hall–Kier alpha value is 0.170. The standard InChI is InChI=1S/C16H33Cl.3H3N/c1-2-3-4-5-6-7-8-9-10-11-12-13-14-15-16-17;;;/h2-16H2,1H3;3*1H3/p+3. The smallest absolute Gasteiger partial charge is 0.0223 e. The van der Waals surface area contributed by atoms with Crippen molar-refractivity contribution < 1.29 is 0 Å². The summed E-state index contributed by atoms with van der Waals surface area (Å²) in [5, 5.41) is 0. The highest BCUT2D eigenvalue weighted by molar-refractivity contribution is 6.17. The Bertz CT molecular complexity index is 121. The predicted octanol–water partition coefficient (Wildman–Crippen LogP) is 7.84. The van der Waals surface area contributed by atoms with E-state index in [-0.39, 0.29) is 18.5 Å². The number of unbranched alkanes of at least 4 members (excludes halogenated alkanes) is 13. The summed E-state index contributed by atoms with van der Waals surface area (Å²) in [6, 6.07) is 0. The monoisotopic (exact) mass is 314 g/mol. The van der Waals surface area contributed by atoms with E-state index in [0.717, 1.165) is 5.88 Å². The molecular weight excluding hydrogens is 270 g/mol. The van der Waals surface area contributed by atoms with Gasteiger partial charge in [-0.25, -0.2) is 0 Å². The Balaban J connectivity index is -0.000000427. The topological polar surface area (TPSA) is 110 Å². The van der Waals surface area contributed by atoms with E-state index in [1.54, 1.807) is 0 Å². The predicted molar refractivity (Wildman–Crippen MR) is 99.0 cm³/mol. The van der Waals surface area contributed by atoms with Crippen molar-refractivity contribution in [2.75, 3.05) is 5.88 Å². The van der Waals surface area contributed by atoms with Crippen molar-refractivity contribution in [3.05, 3.63) is 0 Å². The Morgan fingerprint density at radius 2 is 0.700 bits per heavy atom. The van der Waals surface area contributed by atoms with Crippen LogP contribution in [0.1, 0.15) is 96.8 Å². The molecule has 0 aliphatic heterocycles. The largest absolute Gasteiger partial charge is 0.369 e. The number of alkyl halides is 1. The summed E-state index contributed by atoms with van der Waals surface area (Å²) >= 11 is 5.64. The molecule has 20 heavy (non-hydrogen) atoms. The maximum Gasteiger partial charge on any atom is 0.0223 e. The normalized spacial score (nSPS) is 9.30. The summed E-state index contributed by atoms with van der Waals surface area (Å²) in [5.74, 6) is 0.845. The van der Waals surface area contributed by atoms with E-state index in [4.69, 9.17) is 11.6 Å². The first-order chi connectivity index (χ1) is 8.41. The lowest BCUT2D eigenvalue weighted by molar-refractivity contribution is 0.538. The zero-order valence-corrected chi connectivity index (χ0v) is 15.7. The van der Waals surface area contributed by atoms with Gasteiger partial charge in [-0.15, -0.1) is 11.6 Å². The van der Waals surface area contributed by atoms with Gasteiger partial charge in [0.05, 0.1) is 0 Å².